The Morgan fingerprint density at radius 1 is 1.24 bits per heavy atom. The third-order valence-electron chi connectivity index (χ3n) is 5.74. The van der Waals surface area contributed by atoms with E-state index in [1.54, 1.807) is 12.1 Å². The number of halogens is 1. The van der Waals surface area contributed by atoms with Crippen LogP contribution in [0.25, 0.3) is 0 Å². The van der Waals surface area contributed by atoms with Crippen molar-refractivity contribution in [2.45, 2.75) is 50.2 Å². The van der Waals surface area contributed by atoms with Gasteiger partial charge in [0.05, 0.1) is 24.7 Å². The summed E-state index contributed by atoms with van der Waals surface area (Å²) in [6.45, 7) is 3.04. The third-order valence-corrected chi connectivity index (χ3v) is 5.74. The summed E-state index contributed by atoms with van der Waals surface area (Å²) in [6.07, 6.45) is 5.90. The van der Waals surface area contributed by atoms with E-state index in [-0.39, 0.29) is 23.4 Å². The fourth-order valence-electron chi connectivity index (χ4n) is 3.87. The first-order chi connectivity index (χ1) is 12.1. The Hall–Kier alpha value is -1.46. The highest BCUT2D eigenvalue weighted by atomic mass is 19.1. The van der Waals surface area contributed by atoms with Gasteiger partial charge < -0.3 is 14.4 Å². The second-order valence-corrected chi connectivity index (χ2v) is 7.78. The molecule has 2 saturated heterocycles. The van der Waals surface area contributed by atoms with E-state index < -0.39 is 0 Å². The van der Waals surface area contributed by atoms with Crippen LogP contribution in [0.3, 0.4) is 0 Å². The average molecular weight is 347 g/mol. The number of rotatable bonds is 5. The van der Waals surface area contributed by atoms with E-state index in [4.69, 9.17) is 9.47 Å². The van der Waals surface area contributed by atoms with Crippen LogP contribution in [0.15, 0.2) is 24.3 Å². The highest BCUT2D eigenvalue weighted by molar-refractivity contribution is 5.78. The topological polar surface area (TPSA) is 38.8 Å². The van der Waals surface area contributed by atoms with E-state index in [0.29, 0.717) is 13.0 Å². The number of amides is 1. The Morgan fingerprint density at radius 3 is 2.64 bits per heavy atom. The first-order valence-corrected chi connectivity index (χ1v) is 9.40. The van der Waals surface area contributed by atoms with Gasteiger partial charge in [0.15, 0.2) is 0 Å². The molecule has 5 heteroatoms. The summed E-state index contributed by atoms with van der Waals surface area (Å²) in [5.74, 6) is 0.622. The van der Waals surface area contributed by atoms with E-state index in [2.05, 4.69) is 0 Å². The van der Waals surface area contributed by atoms with Gasteiger partial charge in [-0.15, -0.1) is 0 Å². The zero-order valence-electron chi connectivity index (χ0n) is 14.6. The quantitative estimate of drug-likeness (QED) is 0.822. The van der Waals surface area contributed by atoms with Crippen LogP contribution >= 0.6 is 0 Å². The molecule has 4 rings (SSSR count). The molecule has 136 valence electrons. The summed E-state index contributed by atoms with van der Waals surface area (Å²) in [7, 11) is 0. The lowest BCUT2D eigenvalue weighted by molar-refractivity contribution is -0.135. The number of piperidine rings is 1. The minimum absolute atomic E-state index is 0.0964. The summed E-state index contributed by atoms with van der Waals surface area (Å²) < 4.78 is 25.0. The standard InChI is InChI=1S/C20H26FNO3/c21-17-5-3-15(4-6-17)11-19(23)22-9-7-20(8-10-22)12-18(14-25-20)24-13-16-1-2-16/h3-6,16,18H,1-2,7-14H2. The maximum atomic E-state index is 13.0. The summed E-state index contributed by atoms with van der Waals surface area (Å²) in [6, 6.07) is 6.17. The molecule has 4 nitrogen and oxygen atoms in total. The molecular formula is C20H26FNO3. The second kappa shape index (κ2) is 7.04. The number of hydrogen-bond acceptors (Lipinski definition) is 3. The van der Waals surface area contributed by atoms with Crippen LogP contribution in [0.5, 0.6) is 0 Å². The van der Waals surface area contributed by atoms with Crippen LogP contribution in [0.4, 0.5) is 4.39 Å². The van der Waals surface area contributed by atoms with Crippen molar-refractivity contribution in [1.29, 1.82) is 0 Å². The van der Waals surface area contributed by atoms with Crippen LogP contribution in [-0.4, -0.2) is 48.8 Å². The normalized spacial score (nSPS) is 25.5. The molecule has 3 aliphatic rings. The monoisotopic (exact) mass is 347 g/mol. The summed E-state index contributed by atoms with van der Waals surface area (Å²) in [5, 5.41) is 0. The number of benzene rings is 1. The lowest BCUT2D eigenvalue weighted by atomic mass is 9.87. The number of likely N-dealkylation sites (tertiary alicyclic amines) is 1. The molecule has 1 spiro atoms. The minimum Gasteiger partial charge on any atom is -0.375 e. The predicted octanol–water partition coefficient (Wildman–Crippen LogP) is 2.94. The molecule has 3 fully saturated rings. The Labute approximate surface area is 148 Å². The Bertz CT molecular complexity index is 606. The fraction of sp³-hybridized carbons (Fsp3) is 0.650. The van der Waals surface area contributed by atoms with Crippen LogP contribution < -0.4 is 0 Å². The van der Waals surface area contributed by atoms with Gasteiger partial charge in [0, 0.05) is 26.1 Å². The van der Waals surface area contributed by atoms with Crippen molar-refractivity contribution in [2.24, 2.45) is 5.92 Å². The van der Waals surface area contributed by atoms with E-state index in [1.807, 2.05) is 4.90 Å². The van der Waals surface area contributed by atoms with Crippen LogP contribution in [-0.2, 0) is 20.7 Å². The predicted molar refractivity (Wildman–Crippen MR) is 91.7 cm³/mol. The van der Waals surface area contributed by atoms with Gasteiger partial charge in [0.2, 0.25) is 5.91 Å². The van der Waals surface area contributed by atoms with Crippen LogP contribution in [0.2, 0.25) is 0 Å². The summed E-state index contributed by atoms with van der Waals surface area (Å²) in [4.78, 5) is 14.4. The van der Waals surface area contributed by atoms with Crippen molar-refractivity contribution in [3.05, 3.63) is 35.6 Å². The summed E-state index contributed by atoms with van der Waals surface area (Å²) in [5.41, 5.74) is 0.762. The lowest BCUT2D eigenvalue weighted by Gasteiger charge is -2.38. The highest BCUT2D eigenvalue weighted by Gasteiger charge is 2.44. The molecule has 25 heavy (non-hydrogen) atoms. The summed E-state index contributed by atoms with van der Waals surface area (Å²) >= 11 is 0. The maximum Gasteiger partial charge on any atom is 0.226 e. The molecule has 0 radical (unpaired) electrons. The Morgan fingerprint density at radius 2 is 1.96 bits per heavy atom. The molecular weight excluding hydrogens is 321 g/mol. The molecule has 1 saturated carbocycles. The molecule has 2 heterocycles. The molecule has 0 bridgehead atoms. The molecule has 1 aromatic carbocycles. The second-order valence-electron chi connectivity index (χ2n) is 7.78. The zero-order valence-corrected chi connectivity index (χ0v) is 14.6. The SMILES string of the molecule is O=C(Cc1ccc(F)cc1)N1CCC2(CC1)CC(OCC1CC1)CO2. The number of carbonyl (C=O) groups excluding carboxylic acids is 1. The van der Waals surface area contributed by atoms with E-state index >= 15 is 0 Å². The van der Waals surface area contributed by atoms with Crippen molar-refractivity contribution in [2.75, 3.05) is 26.3 Å². The van der Waals surface area contributed by atoms with E-state index in [0.717, 1.165) is 50.4 Å². The first kappa shape index (κ1) is 17.0. The number of nitrogens with zero attached hydrogens (tertiary/aromatic N) is 1. The van der Waals surface area contributed by atoms with E-state index in [1.165, 1.54) is 25.0 Å². The van der Waals surface area contributed by atoms with Crippen LogP contribution in [0.1, 0.15) is 37.7 Å². The minimum atomic E-state index is -0.270. The van der Waals surface area contributed by atoms with Gasteiger partial charge in [-0.3, -0.25) is 4.79 Å². The van der Waals surface area contributed by atoms with Crippen LogP contribution in [0, 0.1) is 11.7 Å². The number of carbonyl (C=O) groups is 1. The number of ether oxygens (including phenoxy) is 2. The fourth-order valence-corrected chi connectivity index (χ4v) is 3.87. The van der Waals surface area contributed by atoms with Gasteiger partial charge in [-0.1, -0.05) is 12.1 Å². The van der Waals surface area contributed by atoms with Crippen molar-refractivity contribution in [3.63, 3.8) is 0 Å². The van der Waals surface area contributed by atoms with Gasteiger partial charge in [-0.2, -0.15) is 0 Å². The molecule has 1 atom stereocenters. The number of hydrogen-bond donors (Lipinski definition) is 0. The Kier molecular flexibility index (Phi) is 4.78. The van der Waals surface area contributed by atoms with Crippen molar-refractivity contribution >= 4 is 5.91 Å². The van der Waals surface area contributed by atoms with Gasteiger partial charge in [0.25, 0.3) is 0 Å². The lowest BCUT2D eigenvalue weighted by Crippen LogP contribution is -2.47. The zero-order chi connectivity index (χ0) is 17.3. The molecule has 0 aromatic heterocycles. The molecule has 1 aliphatic carbocycles. The maximum absolute atomic E-state index is 13.0. The molecule has 0 N–H and O–H groups in total. The smallest absolute Gasteiger partial charge is 0.226 e. The third kappa shape index (κ3) is 4.21. The van der Waals surface area contributed by atoms with Gasteiger partial charge in [-0.25, -0.2) is 4.39 Å². The highest BCUT2D eigenvalue weighted by Crippen LogP contribution is 2.38. The van der Waals surface area contributed by atoms with Gasteiger partial charge in [0.1, 0.15) is 5.82 Å². The molecule has 1 aromatic rings. The molecule has 1 amide bonds. The largest absolute Gasteiger partial charge is 0.375 e. The Balaban J connectivity index is 1.25. The molecule has 1 unspecified atom stereocenters. The van der Waals surface area contributed by atoms with Crippen molar-refractivity contribution in [1.82, 2.24) is 4.90 Å². The van der Waals surface area contributed by atoms with Gasteiger partial charge in [-0.05, 0) is 49.3 Å². The first-order valence-electron chi connectivity index (χ1n) is 9.40. The average Bonchev–Trinajstić information content (AvgIpc) is 3.37. The van der Waals surface area contributed by atoms with E-state index in [9.17, 15) is 9.18 Å². The molecule has 2 aliphatic heterocycles. The van der Waals surface area contributed by atoms with Crippen molar-refractivity contribution < 1.29 is 18.7 Å². The van der Waals surface area contributed by atoms with Crippen molar-refractivity contribution in [3.8, 4) is 0 Å². The van der Waals surface area contributed by atoms with Gasteiger partial charge >= 0.3 is 0 Å².